The van der Waals surface area contributed by atoms with Gasteiger partial charge in [-0.05, 0) is 11.6 Å². The lowest BCUT2D eigenvalue weighted by Crippen LogP contribution is -2.47. The predicted molar refractivity (Wildman–Crippen MR) is 33.6 cm³/mol. The maximum absolute atomic E-state index is 12.3. The summed E-state index contributed by atoms with van der Waals surface area (Å²) in [5.41, 5.74) is 0. The average Bonchev–Trinajstić information content (AvgIpc) is 2.14. The molecule has 1 N–H and O–H groups in total. The van der Waals surface area contributed by atoms with Crippen molar-refractivity contribution in [3.05, 3.63) is 11.0 Å². The summed E-state index contributed by atoms with van der Waals surface area (Å²) in [6.45, 7) is 0. The van der Waals surface area contributed by atoms with Gasteiger partial charge in [-0.2, -0.15) is 22.0 Å². The van der Waals surface area contributed by atoms with Crippen LogP contribution in [0, 0.1) is 0 Å². The molecule has 10 heteroatoms. The quantitative estimate of drug-likeness (QED) is 0.364. The van der Waals surface area contributed by atoms with E-state index in [1.807, 2.05) is 0 Å². The zero-order chi connectivity index (χ0) is 12.4. The first-order valence-corrected chi connectivity index (χ1v) is 3.37. The van der Waals surface area contributed by atoms with Gasteiger partial charge in [-0.15, -0.1) is 0 Å². The maximum atomic E-state index is 12.3. The molecule has 0 aromatic rings. The van der Waals surface area contributed by atoms with Crippen LogP contribution in [0.4, 0.5) is 30.7 Å². The molecule has 0 amide bonds. The first-order chi connectivity index (χ1) is 6.59. The van der Waals surface area contributed by atoms with E-state index in [1.165, 1.54) is 0 Å². The van der Waals surface area contributed by atoms with Crippen molar-refractivity contribution in [3.63, 3.8) is 0 Å². The van der Waals surface area contributed by atoms with Gasteiger partial charge in [0.05, 0.1) is 0 Å². The van der Waals surface area contributed by atoms with Crippen molar-refractivity contribution in [1.82, 2.24) is 0 Å². The molecule has 0 spiro atoms. The fourth-order valence-corrected chi connectivity index (χ4v) is 0.566. The molecule has 0 saturated carbocycles. The Morgan fingerprint density at radius 1 is 1.20 bits per heavy atom. The number of alkyl halides is 6. The number of halogens is 8. The summed E-state index contributed by atoms with van der Waals surface area (Å²) in [6, 6.07) is 0. The molecule has 0 aliphatic carbocycles. The molecule has 0 heterocycles. The van der Waals surface area contributed by atoms with Gasteiger partial charge < -0.3 is 4.89 Å². The van der Waals surface area contributed by atoms with Crippen LogP contribution in [-0.2, 0) is 4.89 Å². The lowest BCUT2D eigenvalue weighted by atomic mass is 10.1. The molecule has 0 aromatic carbocycles. The molecular weight excluding hydrogens is 260 g/mol. The second-order valence-corrected chi connectivity index (χ2v) is 2.52. The van der Waals surface area contributed by atoms with E-state index in [9.17, 15) is 30.7 Å². The van der Waals surface area contributed by atoms with Gasteiger partial charge in [-0.25, -0.2) is 14.0 Å². The molecule has 0 aliphatic rings. The van der Waals surface area contributed by atoms with Crippen molar-refractivity contribution in [1.29, 1.82) is 0 Å². The van der Waals surface area contributed by atoms with Gasteiger partial charge >= 0.3 is 18.3 Å². The van der Waals surface area contributed by atoms with E-state index >= 15 is 0 Å². The number of hydrogen-bond donors (Lipinski definition) is 1. The Kier molecular flexibility index (Phi) is 4.23. The normalized spacial score (nSPS) is 15.3. The number of hydrogen-bond acceptors (Lipinski definition) is 2. The Hall–Kier alpha value is -0.700. The summed E-state index contributed by atoms with van der Waals surface area (Å²) < 4.78 is 84.2. The van der Waals surface area contributed by atoms with Crippen LogP contribution in [0.5, 0.6) is 0 Å². The fourth-order valence-electron chi connectivity index (χ4n) is 0.447. The smallest absolute Gasteiger partial charge is 0.324 e. The second kappa shape index (κ2) is 4.44. The third kappa shape index (κ3) is 2.46. The highest BCUT2D eigenvalue weighted by atomic mass is 35.5. The van der Waals surface area contributed by atoms with Crippen molar-refractivity contribution >= 4 is 11.6 Å². The molecule has 0 aromatic heterocycles. The van der Waals surface area contributed by atoms with Crippen LogP contribution in [0.1, 0.15) is 0 Å². The average molecular weight is 263 g/mol. The van der Waals surface area contributed by atoms with E-state index in [4.69, 9.17) is 5.26 Å². The topological polar surface area (TPSA) is 29.5 Å². The number of allylic oxidation sites excluding steroid dienone is 1. The lowest BCUT2D eigenvalue weighted by Gasteiger charge is -2.23. The van der Waals surface area contributed by atoms with Crippen LogP contribution in [0.15, 0.2) is 11.0 Å². The molecule has 0 rings (SSSR count). The minimum Gasteiger partial charge on any atom is -0.324 e. The van der Waals surface area contributed by atoms with E-state index in [1.54, 1.807) is 0 Å². The summed E-state index contributed by atoms with van der Waals surface area (Å²) in [5, 5.41) is 5.42. The van der Waals surface area contributed by atoms with E-state index < -0.39 is 29.3 Å². The van der Waals surface area contributed by atoms with Crippen LogP contribution in [-0.4, -0.2) is 23.5 Å². The highest BCUT2D eigenvalue weighted by Gasteiger charge is 2.67. The molecule has 2 nitrogen and oxygen atoms in total. The molecule has 15 heavy (non-hydrogen) atoms. The highest BCUT2D eigenvalue weighted by molar-refractivity contribution is 6.28. The minimum atomic E-state index is -5.98. The molecule has 0 radical (unpaired) electrons. The highest BCUT2D eigenvalue weighted by Crippen LogP contribution is 2.45. The molecular formula is C5H2ClF7O2. The summed E-state index contributed by atoms with van der Waals surface area (Å²) in [6.07, 6.45) is -4.82. The summed E-state index contributed by atoms with van der Waals surface area (Å²) in [5.74, 6) is -15.1. The predicted octanol–water partition coefficient (Wildman–Crippen LogP) is 3.39. The third-order valence-electron chi connectivity index (χ3n) is 1.22. The standard InChI is InChI=1S/C5H2ClF7O2/c6-2(15-14)1(7)4(10,11)5(12,13)3(8)9/h3,14H/b2-1-. The Balaban J connectivity index is 5.32. The largest absolute Gasteiger partial charge is 0.376 e. The summed E-state index contributed by atoms with van der Waals surface area (Å²) >= 11 is 4.39. The maximum Gasteiger partial charge on any atom is 0.376 e. The monoisotopic (exact) mass is 262 g/mol. The molecule has 0 bridgehead atoms. The molecule has 0 unspecified atom stereocenters. The second-order valence-electron chi connectivity index (χ2n) is 2.18. The Labute approximate surface area is 82.8 Å². The van der Waals surface area contributed by atoms with Crippen molar-refractivity contribution in [2.75, 3.05) is 0 Å². The van der Waals surface area contributed by atoms with Crippen LogP contribution in [0.2, 0.25) is 0 Å². The SMILES string of the molecule is OO/C(Cl)=C(\F)C(F)(F)C(F)(F)C(F)F. The van der Waals surface area contributed by atoms with Crippen molar-refractivity contribution in [2.45, 2.75) is 18.3 Å². The van der Waals surface area contributed by atoms with E-state index in [2.05, 4.69) is 16.5 Å². The molecule has 0 saturated heterocycles. The van der Waals surface area contributed by atoms with E-state index in [0.717, 1.165) is 0 Å². The molecule has 0 fully saturated rings. The van der Waals surface area contributed by atoms with Gasteiger partial charge in [-0.1, -0.05) is 0 Å². The Bertz CT molecular complexity index is 264. The number of rotatable bonds is 4. The summed E-state index contributed by atoms with van der Waals surface area (Å²) in [7, 11) is 0. The van der Waals surface area contributed by atoms with Crippen LogP contribution in [0.3, 0.4) is 0 Å². The van der Waals surface area contributed by atoms with Crippen LogP contribution >= 0.6 is 11.6 Å². The van der Waals surface area contributed by atoms with Gasteiger partial charge in [-0.3, -0.25) is 0 Å². The molecule has 90 valence electrons. The Morgan fingerprint density at radius 3 is 1.87 bits per heavy atom. The first-order valence-electron chi connectivity index (χ1n) is 3.00. The van der Waals surface area contributed by atoms with Crippen LogP contribution in [0.25, 0.3) is 0 Å². The molecule has 0 atom stereocenters. The van der Waals surface area contributed by atoms with Gasteiger partial charge in [0.25, 0.3) is 5.22 Å². The van der Waals surface area contributed by atoms with Crippen LogP contribution < -0.4 is 0 Å². The first kappa shape index (κ1) is 14.3. The zero-order valence-electron chi connectivity index (χ0n) is 6.46. The fraction of sp³-hybridized carbons (Fsp3) is 0.600. The molecule has 0 aliphatic heterocycles. The van der Waals surface area contributed by atoms with E-state index in [0.29, 0.717) is 0 Å². The van der Waals surface area contributed by atoms with E-state index in [-0.39, 0.29) is 0 Å². The minimum absolute atomic E-state index is 2.15. The van der Waals surface area contributed by atoms with Crippen molar-refractivity contribution in [2.24, 2.45) is 0 Å². The lowest BCUT2D eigenvalue weighted by molar-refractivity contribution is -0.258. The van der Waals surface area contributed by atoms with Gasteiger partial charge in [0.15, 0.2) is 0 Å². The third-order valence-corrected chi connectivity index (χ3v) is 1.46. The van der Waals surface area contributed by atoms with Crippen molar-refractivity contribution < 1.29 is 40.9 Å². The van der Waals surface area contributed by atoms with Gasteiger partial charge in [0, 0.05) is 0 Å². The van der Waals surface area contributed by atoms with Gasteiger partial charge in [0.2, 0.25) is 5.83 Å². The Morgan fingerprint density at radius 2 is 1.60 bits per heavy atom. The van der Waals surface area contributed by atoms with Crippen molar-refractivity contribution in [3.8, 4) is 0 Å². The zero-order valence-corrected chi connectivity index (χ0v) is 7.21. The van der Waals surface area contributed by atoms with Gasteiger partial charge in [0.1, 0.15) is 0 Å². The summed E-state index contributed by atoms with van der Waals surface area (Å²) in [4.78, 5) is 2.69.